The van der Waals surface area contributed by atoms with Crippen molar-refractivity contribution < 1.29 is 14.6 Å². The molecule has 1 amide bonds. The van der Waals surface area contributed by atoms with Gasteiger partial charge in [0.2, 0.25) is 5.91 Å². The molecule has 2 aliphatic rings. The number of nitrogens with one attached hydrogen (secondary N) is 3. The number of carbonyl (C=O) groups excluding carboxylic acids is 1. The molecule has 7 heteroatoms. The average Bonchev–Trinajstić information content (AvgIpc) is 3.50. The molecule has 0 radical (unpaired) electrons. The molecule has 2 atom stereocenters. The highest BCUT2D eigenvalue weighted by molar-refractivity contribution is 5.81. The first kappa shape index (κ1) is 19.3. The Kier molecular flexibility index (Phi) is 6.42. The Hall–Kier alpha value is -2.44. The third-order valence-electron chi connectivity index (χ3n) is 5.27. The van der Waals surface area contributed by atoms with E-state index in [1.54, 1.807) is 32.4 Å². The molecular formula is C20H30N4O3. The van der Waals surface area contributed by atoms with Gasteiger partial charge in [-0.3, -0.25) is 9.79 Å². The van der Waals surface area contributed by atoms with Crippen LogP contribution in [0.2, 0.25) is 0 Å². The number of carbonyl (C=O) groups is 1. The third-order valence-corrected chi connectivity index (χ3v) is 5.27. The fraction of sp³-hybridized carbons (Fsp3) is 0.600. The van der Waals surface area contributed by atoms with E-state index in [1.807, 2.05) is 0 Å². The normalized spacial score (nSPS) is 22.8. The van der Waals surface area contributed by atoms with E-state index in [0.717, 1.165) is 44.1 Å². The second-order valence-corrected chi connectivity index (χ2v) is 7.41. The van der Waals surface area contributed by atoms with E-state index in [-0.39, 0.29) is 23.6 Å². The van der Waals surface area contributed by atoms with E-state index in [1.165, 1.54) is 0 Å². The van der Waals surface area contributed by atoms with Gasteiger partial charge in [0, 0.05) is 37.2 Å². The second kappa shape index (κ2) is 8.97. The molecule has 0 saturated heterocycles. The van der Waals surface area contributed by atoms with E-state index in [0.29, 0.717) is 24.3 Å². The van der Waals surface area contributed by atoms with E-state index < -0.39 is 0 Å². The molecule has 0 aliphatic heterocycles. The summed E-state index contributed by atoms with van der Waals surface area (Å²) in [6.07, 6.45) is 6.08. The van der Waals surface area contributed by atoms with Crippen molar-refractivity contribution in [3.8, 4) is 11.5 Å². The predicted molar refractivity (Wildman–Crippen MR) is 105 cm³/mol. The van der Waals surface area contributed by atoms with Crippen LogP contribution in [0.3, 0.4) is 0 Å². The van der Waals surface area contributed by atoms with Gasteiger partial charge in [-0.15, -0.1) is 0 Å². The van der Waals surface area contributed by atoms with Gasteiger partial charge in [-0.05, 0) is 50.3 Å². The molecule has 3 rings (SSSR count). The van der Waals surface area contributed by atoms with Gasteiger partial charge in [0.25, 0.3) is 0 Å². The van der Waals surface area contributed by atoms with Crippen LogP contribution >= 0.6 is 0 Å². The van der Waals surface area contributed by atoms with Crippen LogP contribution in [0.1, 0.15) is 44.1 Å². The summed E-state index contributed by atoms with van der Waals surface area (Å²) >= 11 is 0. The summed E-state index contributed by atoms with van der Waals surface area (Å²) in [6, 6.07) is 5.78. The number of amides is 1. The molecule has 4 N–H and O–H groups in total. The number of phenols is 1. The van der Waals surface area contributed by atoms with Crippen molar-refractivity contribution in [2.45, 2.75) is 57.2 Å². The van der Waals surface area contributed by atoms with Gasteiger partial charge in [0.15, 0.2) is 5.96 Å². The van der Waals surface area contributed by atoms with Crippen LogP contribution in [-0.2, 0) is 11.3 Å². The molecule has 0 heterocycles. The summed E-state index contributed by atoms with van der Waals surface area (Å²) in [5.74, 6) is 1.87. The lowest BCUT2D eigenvalue weighted by Gasteiger charge is -2.30. The molecule has 7 nitrogen and oxygen atoms in total. The molecule has 2 aliphatic carbocycles. The Labute approximate surface area is 160 Å². The molecule has 2 saturated carbocycles. The largest absolute Gasteiger partial charge is 0.508 e. The molecule has 27 heavy (non-hydrogen) atoms. The average molecular weight is 374 g/mol. The molecular weight excluding hydrogens is 344 g/mol. The Balaban J connectivity index is 1.51. The van der Waals surface area contributed by atoms with E-state index in [9.17, 15) is 9.90 Å². The smallest absolute Gasteiger partial charge is 0.223 e. The maximum Gasteiger partial charge on any atom is 0.223 e. The van der Waals surface area contributed by atoms with Gasteiger partial charge in [0.1, 0.15) is 11.5 Å². The highest BCUT2D eigenvalue weighted by atomic mass is 16.5. The first-order chi connectivity index (χ1) is 13.1. The minimum absolute atomic E-state index is 0.0809. The molecule has 1 aromatic carbocycles. The standard InChI is InChI=1S/C20H30N4O3/c1-21-20(22-12-14-11-17(27-2)8-9-18(14)25)24-16-5-3-4-13(10-16)19(26)23-15-6-7-15/h8-9,11,13,15-16,25H,3-7,10,12H2,1-2H3,(H,23,26)(H2,21,22,24). The first-order valence-electron chi connectivity index (χ1n) is 9.72. The maximum absolute atomic E-state index is 12.3. The topological polar surface area (TPSA) is 95.0 Å². The number of guanidine groups is 1. The Morgan fingerprint density at radius 3 is 2.74 bits per heavy atom. The summed E-state index contributed by atoms with van der Waals surface area (Å²) < 4.78 is 5.21. The number of aromatic hydroxyl groups is 1. The van der Waals surface area contributed by atoms with Gasteiger partial charge in [0.05, 0.1) is 7.11 Å². The molecule has 148 valence electrons. The van der Waals surface area contributed by atoms with Crippen LogP contribution in [0.25, 0.3) is 0 Å². The molecule has 2 fully saturated rings. The number of methoxy groups -OCH3 is 1. The lowest BCUT2D eigenvalue weighted by molar-refractivity contribution is -0.126. The van der Waals surface area contributed by atoms with Gasteiger partial charge >= 0.3 is 0 Å². The maximum atomic E-state index is 12.3. The number of aliphatic imine (C=N–C) groups is 1. The minimum Gasteiger partial charge on any atom is -0.508 e. The number of nitrogens with zero attached hydrogens (tertiary/aromatic N) is 1. The van der Waals surface area contributed by atoms with Crippen molar-refractivity contribution in [1.82, 2.24) is 16.0 Å². The number of ether oxygens (including phenoxy) is 1. The Bertz CT molecular complexity index is 688. The van der Waals surface area contributed by atoms with Crippen molar-refractivity contribution >= 4 is 11.9 Å². The van der Waals surface area contributed by atoms with Crippen molar-refractivity contribution in [2.24, 2.45) is 10.9 Å². The third kappa shape index (κ3) is 5.52. The Morgan fingerprint density at radius 2 is 2.04 bits per heavy atom. The van der Waals surface area contributed by atoms with Gasteiger partial charge < -0.3 is 25.8 Å². The van der Waals surface area contributed by atoms with E-state index in [2.05, 4.69) is 20.9 Å². The SMILES string of the molecule is CN=C(NCc1cc(OC)ccc1O)NC1CCCC(C(=O)NC2CC2)C1. The lowest BCUT2D eigenvalue weighted by Crippen LogP contribution is -2.47. The zero-order chi connectivity index (χ0) is 19.2. The van der Waals surface area contributed by atoms with Crippen LogP contribution in [-0.4, -0.2) is 43.2 Å². The van der Waals surface area contributed by atoms with E-state index >= 15 is 0 Å². The fourth-order valence-corrected chi connectivity index (χ4v) is 3.50. The van der Waals surface area contributed by atoms with Crippen molar-refractivity contribution in [2.75, 3.05) is 14.2 Å². The molecule has 1 aromatic rings. The fourth-order valence-electron chi connectivity index (χ4n) is 3.50. The highest BCUT2D eigenvalue weighted by Crippen LogP contribution is 2.27. The van der Waals surface area contributed by atoms with Crippen LogP contribution in [0.5, 0.6) is 11.5 Å². The Morgan fingerprint density at radius 1 is 1.22 bits per heavy atom. The van der Waals surface area contributed by atoms with Crippen molar-refractivity contribution in [3.63, 3.8) is 0 Å². The van der Waals surface area contributed by atoms with Crippen molar-refractivity contribution in [3.05, 3.63) is 23.8 Å². The highest BCUT2D eigenvalue weighted by Gasteiger charge is 2.31. The molecule has 0 bridgehead atoms. The predicted octanol–water partition coefficient (Wildman–Crippen LogP) is 1.90. The lowest BCUT2D eigenvalue weighted by atomic mass is 9.85. The zero-order valence-corrected chi connectivity index (χ0v) is 16.1. The molecule has 0 aromatic heterocycles. The number of hydrogen-bond acceptors (Lipinski definition) is 4. The van der Waals surface area contributed by atoms with Crippen LogP contribution in [0.4, 0.5) is 0 Å². The van der Waals surface area contributed by atoms with E-state index in [4.69, 9.17) is 4.74 Å². The molecule has 0 spiro atoms. The number of hydrogen-bond donors (Lipinski definition) is 4. The summed E-state index contributed by atoms with van der Waals surface area (Å²) in [5, 5.41) is 19.8. The summed E-state index contributed by atoms with van der Waals surface area (Å²) in [5.41, 5.74) is 0.739. The van der Waals surface area contributed by atoms with Crippen LogP contribution in [0, 0.1) is 5.92 Å². The molecule has 2 unspecified atom stereocenters. The van der Waals surface area contributed by atoms with Gasteiger partial charge in [-0.1, -0.05) is 6.42 Å². The second-order valence-electron chi connectivity index (χ2n) is 7.41. The monoisotopic (exact) mass is 374 g/mol. The zero-order valence-electron chi connectivity index (χ0n) is 16.1. The summed E-state index contributed by atoms with van der Waals surface area (Å²) in [4.78, 5) is 16.6. The number of rotatable bonds is 6. The summed E-state index contributed by atoms with van der Waals surface area (Å²) in [7, 11) is 3.32. The number of benzene rings is 1. The first-order valence-corrected chi connectivity index (χ1v) is 9.72. The van der Waals surface area contributed by atoms with Gasteiger partial charge in [-0.25, -0.2) is 0 Å². The van der Waals surface area contributed by atoms with Crippen molar-refractivity contribution in [1.29, 1.82) is 0 Å². The summed E-state index contributed by atoms with van der Waals surface area (Å²) in [6.45, 7) is 0.432. The quantitative estimate of drug-likeness (QED) is 0.451. The van der Waals surface area contributed by atoms with Gasteiger partial charge in [-0.2, -0.15) is 0 Å². The number of phenolic OH excluding ortho intramolecular Hbond substituents is 1. The minimum atomic E-state index is 0.0809. The van der Waals surface area contributed by atoms with Crippen LogP contribution < -0.4 is 20.7 Å². The van der Waals surface area contributed by atoms with Crippen LogP contribution in [0.15, 0.2) is 23.2 Å².